The summed E-state index contributed by atoms with van der Waals surface area (Å²) >= 11 is 0. The van der Waals surface area contributed by atoms with Crippen LogP contribution in [0.2, 0.25) is 0 Å². The van der Waals surface area contributed by atoms with E-state index in [0.717, 1.165) is 37.8 Å². The van der Waals surface area contributed by atoms with Gasteiger partial charge in [-0.3, -0.25) is 0 Å². The molecule has 7 aromatic rings. The van der Waals surface area contributed by atoms with E-state index in [-0.39, 0.29) is 11.5 Å². The molecule has 0 bridgehead atoms. The van der Waals surface area contributed by atoms with Crippen LogP contribution in [-0.2, 0) is 5.41 Å². The van der Waals surface area contributed by atoms with Crippen molar-refractivity contribution in [2.45, 2.75) is 57.4 Å². The number of rotatable bonds is 9. The van der Waals surface area contributed by atoms with Gasteiger partial charge in [-0.05, 0) is 142 Å². The molecule has 1 unspecified atom stereocenters. The zero-order valence-corrected chi connectivity index (χ0v) is 39.5. The van der Waals surface area contributed by atoms with Crippen molar-refractivity contribution in [1.82, 2.24) is 4.57 Å². The molecule has 5 aliphatic carbocycles. The lowest BCUT2D eigenvalue weighted by Crippen LogP contribution is -2.30. The molecule has 2 heteroatoms. The normalized spacial score (nSPS) is 17.8. The fourth-order valence-corrected chi connectivity index (χ4v) is 11.4. The van der Waals surface area contributed by atoms with Crippen molar-refractivity contribution in [2.75, 3.05) is 4.90 Å². The van der Waals surface area contributed by atoms with E-state index < -0.39 is 0 Å². The van der Waals surface area contributed by atoms with E-state index in [0.29, 0.717) is 0 Å². The molecule has 0 aliphatic heterocycles. The number of allylic oxidation sites excluding steroid dienone is 18. The lowest BCUT2D eigenvalue weighted by molar-refractivity contribution is 0.607. The SMILES string of the molecule is CC1(C)C2=C(C=CCC2)c2ccc(N(c3ccc(C4=CC=CCC=C4)cc3)C3C=CC(c4ccc5c(c4)c(-c4ccccc4)c(-c4ccccc4)n5-c4ccc(C5=CC=CCC=C5)cc4)=CC3)cc21. The van der Waals surface area contributed by atoms with Crippen LogP contribution in [0, 0.1) is 0 Å². The molecule has 1 atom stereocenters. The summed E-state index contributed by atoms with van der Waals surface area (Å²) in [6.07, 6.45) is 39.2. The molecule has 334 valence electrons. The number of anilines is 2. The summed E-state index contributed by atoms with van der Waals surface area (Å²) in [5, 5.41) is 1.24. The van der Waals surface area contributed by atoms with Gasteiger partial charge in [0.1, 0.15) is 0 Å². The Kier molecular flexibility index (Phi) is 11.0. The molecule has 0 N–H and O–H groups in total. The van der Waals surface area contributed by atoms with E-state index in [1.807, 2.05) is 0 Å². The molecule has 2 nitrogen and oxygen atoms in total. The molecule has 0 saturated carbocycles. The zero-order chi connectivity index (χ0) is 46.3. The van der Waals surface area contributed by atoms with Gasteiger partial charge in [-0.25, -0.2) is 0 Å². The molecule has 6 aromatic carbocycles. The maximum atomic E-state index is 2.57. The van der Waals surface area contributed by atoms with E-state index in [4.69, 9.17) is 0 Å². The monoisotopic (exact) mass is 888 g/mol. The van der Waals surface area contributed by atoms with E-state index in [2.05, 4.69) is 260 Å². The molecule has 0 amide bonds. The Hall–Kier alpha value is -7.94. The number of aromatic nitrogens is 1. The van der Waals surface area contributed by atoms with Gasteiger partial charge in [0.05, 0.1) is 17.3 Å². The molecular formula is C67H56N2. The van der Waals surface area contributed by atoms with Crippen molar-refractivity contribution in [1.29, 1.82) is 0 Å². The first-order valence-corrected chi connectivity index (χ1v) is 24.8. The first-order valence-electron chi connectivity index (χ1n) is 24.8. The van der Waals surface area contributed by atoms with Crippen LogP contribution in [0.1, 0.15) is 73.8 Å². The van der Waals surface area contributed by atoms with E-state index in [1.54, 1.807) is 5.57 Å². The number of benzene rings is 6. The number of hydrogen-bond donors (Lipinski definition) is 0. The van der Waals surface area contributed by atoms with Crippen molar-refractivity contribution in [3.05, 3.63) is 270 Å². The van der Waals surface area contributed by atoms with Crippen LogP contribution in [-0.4, -0.2) is 10.6 Å². The highest BCUT2D eigenvalue weighted by Gasteiger charge is 2.38. The first-order chi connectivity index (χ1) is 34.0. The summed E-state index contributed by atoms with van der Waals surface area (Å²) in [6.45, 7) is 4.85. The van der Waals surface area contributed by atoms with Crippen LogP contribution < -0.4 is 4.90 Å². The van der Waals surface area contributed by atoms with Crippen molar-refractivity contribution in [3.8, 4) is 28.1 Å². The van der Waals surface area contributed by atoms with Crippen molar-refractivity contribution >= 4 is 44.6 Å². The average Bonchev–Trinajstić information content (AvgIpc) is 3.57. The Bertz CT molecular complexity index is 3440. The van der Waals surface area contributed by atoms with Crippen LogP contribution in [0.4, 0.5) is 11.4 Å². The minimum absolute atomic E-state index is 0.00999. The Balaban J connectivity index is 0.940. The Morgan fingerprint density at radius 1 is 0.551 bits per heavy atom. The topological polar surface area (TPSA) is 8.17 Å². The van der Waals surface area contributed by atoms with Crippen LogP contribution in [0.3, 0.4) is 0 Å². The van der Waals surface area contributed by atoms with Gasteiger partial charge in [0.2, 0.25) is 0 Å². The number of nitrogens with zero attached hydrogens (tertiary/aromatic N) is 2. The Labute approximate surface area is 407 Å². The second-order valence-electron chi connectivity index (χ2n) is 19.4. The molecule has 0 spiro atoms. The van der Waals surface area contributed by atoms with Crippen LogP contribution in [0.5, 0.6) is 0 Å². The average molecular weight is 889 g/mol. The number of fused-ring (bicyclic) bond motifs is 3. The maximum absolute atomic E-state index is 2.57. The zero-order valence-electron chi connectivity index (χ0n) is 39.5. The molecular weight excluding hydrogens is 833 g/mol. The lowest BCUT2D eigenvalue weighted by atomic mass is 9.78. The van der Waals surface area contributed by atoms with E-state index >= 15 is 0 Å². The van der Waals surface area contributed by atoms with Gasteiger partial charge < -0.3 is 9.47 Å². The fourth-order valence-electron chi connectivity index (χ4n) is 11.4. The summed E-state index contributed by atoms with van der Waals surface area (Å²) in [5.74, 6) is 0. The summed E-state index contributed by atoms with van der Waals surface area (Å²) in [5.41, 5.74) is 22.8. The third-order valence-corrected chi connectivity index (χ3v) is 14.9. The predicted octanol–water partition coefficient (Wildman–Crippen LogP) is 17.7. The van der Waals surface area contributed by atoms with Gasteiger partial charge in [-0.1, -0.05) is 208 Å². The second kappa shape index (κ2) is 17.9. The molecule has 0 radical (unpaired) electrons. The Morgan fingerprint density at radius 2 is 1.20 bits per heavy atom. The lowest BCUT2D eigenvalue weighted by Gasteiger charge is -2.34. The largest absolute Gasteiger partial charge is 0.334 e. The van der Waals surface area contributed by atoms with Crippen LogP contribution >= 0.6 is 0 Å². The highest BCUT2D eigenvalue weighted by atomic mass is 15.2. The van der Waals surface area contributed by atoms with Crippen molar-refractivity contribution < 1.29 is 0 Å². The quantitative estimate of drug-likeness (QED) is 0.140. The van der Waals surface area contributed by atoms with E-state index in [9.17, 15) is 0 Å². The standard InChI is InChI=1S/C67H56N2/c1-67(2)62-28-18-17-27-59(62)60-43-42-58(46-63(60)67)68(55-36-29-49(30-37-55)47-19-9-3-4-10-20-47)56-38-33-51(34-39-56)54-35-44-64-61(45-54)65(52-23-13-7-14-24-52)66(53-25-15-8-16-26-53)69(64)57-40-31-50(32-41-57)48-21-11-5-6-12-22-48/h3,5,7-17,19-27,29-38,40-46,56H,4,6,18,28,39H2,1-2H3. The van der Waals surface area contributed by atoms with Gasteiger partial charge >= 0.3 is 0 Å². The summed E-state index contributed by atoms with van der Waals surface area (Å²) < 4.78 is 2.47. The third-order valence-electron chi connectivity index (χ3n) is 14.9. The molecule has 69 heavy (non-hydrogen) atoms. The third kappa shape index (κ3) is 7.80. The molecule has 5 aliphatic rings. The van der Waals surface area contributed by atoms with Gasteiger partial charge in [0.15, 0.2) is 0 Å². The summed E-state index contributed by atoms with van der Waals surface area (Å²) in [6, 6.07) is 54.7. The number of hydrogen-bond acceptors (Lipinski definition) is 1. The smallest absolute Gasteiger partial charge is 0.0619 e. The summed E-state index contributed by atoms with van der Waals surface area (Å²) in [4.78, 5) is 2.57. The minimum atomic E-state index is -0.00999. The minimum Gasteiger partial charge on any atom is -0.334 e. The van der Waals surface area contributed by atoms with Gasteiger partial charge in [-0.15, -0.1) is 0 Å². The predicted molar refractivity (Wildman–Crippen MR) is 295 cm³/mol. The van der Waals surface area contributed by atoms with Gasteiger partial charge in [0.25, 0.3) is 0 Å². The molecule has 1 aromatic heterocycles. The second-order valence-corrected chi connectivity index (χ2v) is 19.4. The van der Waals surface area contributed by atoms with Gasteiger partial charge in [-0.2, -0.15) is 0 Å². The molecule has 0 fully saturated rings. The maximum Gasteiger partial charge on any atom is 0.0619 e. The van der Waals surface area contributed by atoms with Gasteiger partial charge in [0, 0.05) is 33.4 Å². The van der Waals surface area contributed by atoms with Crippen LogP contribution in [0.25, 0.3) is 61.3 Å². The molecule has 12 rings (SSSR count). The highest BCUT2D eigenvalue weighted by Crippen LogP contribution is 2.52. The van der Waals surface area contributed by atoms with Crippen molar-refractivity contribution in [2.24, 2.45) is 0 Å². The van der Waals surface area contributed by atoms with E-state index in [1.165, 1.54) is 94.8 Å². The first kappa shape index (κ1) is 42.4. The Morgan fingerprint density at radius 3 is 1.88 bits per heavy atom. The van der Waals surface area contributed by atoms with Crippen LogP contribution in [0.15, 0.2) is 242 Å². The fraction of sp³-hybridized carbons (Fsp3) is 0.134. The molecule has 1 heterocycles. The molecule has 0 saturated heterocycles. The van der Waals surface area contributed by atoms with Crippen molar-refractivity contribution in [3.63, 3.8) is 0 Å². The summed E-state index contributed by atoms with van der Waals surface area (Å²) in [7, 11) is 0. The highest BCUT2D eigenvalue weighted by molar-refractivity contribution is 6.07.